The van der Waals surface area contributed by atoms with Crippen molar-refractivity contribution >= 4 is 0 Å². The van der Waals surface area contributed by atoms with Crippen molar-refractivity contribution in [1.82, 2.24) is 0 Å². The Kier molecular flexibility index (Phi) is 6.84. The van der Waals surface area contributed by atoms with Crippen LogP contribution in [0.25, 0.3) is 0 Å². The zero-order chi connectivity index (χ0) is 11.0. The van der Waals surface area contributed by atoms with Crippen LogP contribution in [0, 0.1) is 17.2 Å². The quantitative estimate of drug-likeness (QED) is 0.471. The lowest BCUT2D eigenvalue weighted by molar-refractivity contribution is 0.714. The number of nitriles is 1. The molecule has 0 aromatic carbocycles. The summed E-state index contributed by atoms with van der Waals surface area (Å²) in [6, 6.07) is 2.12. The molecular formula is C13H21N. The third kappa shape index (κ3) is 5.59. The van der Waals surface area contributed by atoms with E-state index in [1.807, 2.05) is 0 Å². The van der Waals surface area contributed by atoms with Gasteiger partial charge < -0.3 is 0 Å². The van der Waals surface area contributed by atoms with Crippen molar-refractivity contribution in [3.63, 3.8) is 0 Å². The maximum absolute atomic E-state index is 8.60. The molecule has 0 atom stereocenters. The predicted octanol–water partition coefficient (Wildman–Crippen LogP) is 4.23. The van der Waals surface area contributed by atoms with Gasteiger partial charge in [0.05, 0.1) is 6.07 Å². The van der Waals surface area contributed by atoms with E-state index in [0.717, 1.165) is 19.3 Å². The highest BCUT2D eigenvalue weighted by Crippen LogP contribution is 2.16. The average Bonchev–Trinajstić information content (AvgIpc) is 2.16. The van der Waals surface area contributed by atoms with Gasteiger partial charge in [0.15, 0.2) is 0 Å². The maximum atomic E-state index is 8.60. The van der Waals surface area contributed by atoms with Crippen LogP contribution in [0.1, 0.15) is 47.0 Å². The van der Waals surface area contributed by atoms with Crippen molar-refractivity contribution in [1.29, 1.82) is 5.26 Å². The van der Waals surface area contributed by atoms with E-state index in [-0.39, 0.29) is 0 Å². The molecule has 14 heavy (non-hydrogen) atoms. The number of hydrogen-bond acceptors (Lipinski definition) is 1. The lowest BCUT2D eigenvalue weighted by Crippen LogP contribution is -1.93. The van der Waals surface area contributed by atoms with E-state index >= 15 is 0 Å². The summed E-state index contributed by atoms with van der Waals surface area (Å²) in [5.41, 5.74) is 2.69. The molecule has 0 aliphatic heterocycles. The Hall–Kier alpha value is -1.03. The monoisotopic (exact) mass is 191 g/mol. The van der Waals surface area contributed by atoms with E-state index in [1.165, 1.54) is 11.1 Å². The van der Waals surface area contributed by atoms with Crippen molar-refractivity contribution in [2.45, 2.75) is 47.0 Å². The van der Waals surface area contributed by atoms with Crippen LogP contribution in [0.5, 0.6) is 0 Å². The minimum atomic E-state index is 0.491. The summed E-state index contributed by atoms with van der Waals surface area (Å²) in [4.78, 5) is 0. The zero-order valence-electron chi connectivity index (χ0n) is 9.80. The summed E-state index contributed by atoms with van der Waals surface area (Å²) in [5.74, 6) is 0.491. The Morgan fingerprint density at radius 1 is 1.43 bits per heavy atom. The van der Waals surface area contributed by atoms with Gasteiger partial charge in [0.1, 0.15) is 0 Å². The molecule has 0 heterocycles. The lowest BCUT2D eigenvalue weighted by atomic mass is 9.97. The first-order valence-electron chi connectivity index (χ1n) is 5.36. The molecule has 78 valence electrons. The van der Waals surface area contributed by atoms with E-state index in [9.17, 15) is 0 Å². The molecule has 0 unspecified atom stereocenters. The van der Waals surface area contributed by atoms with Gasteiger partial charge in [-0.2, -0.15) is 5.26 Å². The van der Waals surface area contributed by atoms with Crippen LogP contribution in [-0.4, -0.2) is 0 Å². The first-order valence-corrected chi connectivity index (χ1v) is 5.36. The lowest BCUT2D eigenvalue weighted by Gasteiger charge is -2.08. The third-order valence-electron chi connectivity index (χ3n) is 2.48. The number of rotatable bonds is 5. The molecule has 0 saturated carbocycles. The number of allylic oxidation sites excluding steroid dienone is 4. The van der Waals surface area contributed by atoms with E-state index in [2.05, 4.69) is 39.8 Å². The van der Waals surface area contributed by atoms with Gasteiger partial charge in [-0.3, -0.25) is 0 Å². The fourth-order valence-corrected chi connectivity index (χ4v) is 1.24. The maximum Gasteiger partial charge on any atom is 0.0911 e. The molecule has 0 aromatic heterocycles. The standard InChI is InChI=1S/C13H21N/c1-5-12(4)7-6-8-13(9-10-14)11(2)3/h7,9,11H,5-6,8H2,1-4H3. The summed E-state index contributed by atoms with van der Waals surface area (Å²) in [6.45, 7) is 8.60. The highest BCUT2D eigenvalue weighted by molar-refractivity contribution is 5.16. The molecule has 1 heteroatoms. The summed E-state index contributed by atoms with van der Waals surface area (Å²) in [6.07, 6.45) is 7.17. The summed E-state index contributed by atoms with van der Waals surface area (Å²) in [5, 5.41) is 8.60. The Morgan fingerprint density at radius 2 is 2.07 bits per heavy atom. The van der Waals surface area contributed by atoms with Crippen LogP contribution in [0.15, 0.2) is 23.3 Å². The summed E-state index contributed by atoms with van der Waals surface area (Å²) >= 11 is 0. The van der Waals surface area contributed by atoms with Gasteiger partial charge in [0, 0.05) is 6.08 Å². The van der Waals surface area contributed by atoms with Gasteiger partial charge in [-0.05, 0) is 32.1 Å². The molecule has 0 aromatic rings. The van der Waals surface area contributed by atoms with E-state index in [4.69, 9.17) is 5.26 Å². The van der Waals surface area contributed by atoms with Crippen molar-refractivity contribution in [2.24, 2.45) is 5.92 Å². The largest absolute Gasteiger partial charge is 0.193 e. The third-order valence-corrected chi connectivity index (χ3v) is 2.48. The molecule has 0 spiro atoms. The minimum Gasteiger partial charge on any atom is -0.193 e. The van der Waals surface area contributed by atoms with Crippen molar-refractivity contribution in [3.8, 4) is 6.07 Å². The smallest absolute Gasteiger partial charge is 0.0911 e. The van der Waals surface area contributed by atoms with Crippen LogP contribution < -0.4 is 0 Å². The van der Waals surface area contributed by atoms with E-state index < -0.39 is 0 Å². The number of hydrogen-bond donors (Lipinski definition) is 0. The first-order chi connectivity index (χ1) is 6.61. The normalized spacial score (nSPS) is 13.1. The molecule has 0 bridgehead atoms. The van der Waals surface area contributed by atoms with Crippen molar-refractivity contribution in [2.75, 3.05) is 0 Å². The van der Waals surface area contributed by atoms with Crippen LogP contribution in [0.3, 0.4) is 0 Å². The minimum absolute atomic E-state index is 0.491. The number of nitrogens with zero attached hydrogens (tertiary/aromatic N) is 1. The van der Waals surface area contributed by atoms with Gasteiger partial charge in [-0.25, -0.2) is 0 Å². The molecule has 0 rings (SSSR count). The van der Waals surface area contributed by atoms with Crippen LogP contribution in [0.4, 0.5) is 0 Å². The second-order valence-corrected chi connectivity index (χ2v) is 3.95. The molecule has 0 saturated heterocycles. The van der Waals surface area contributed by atoms with Gasteiger partial charge in [-0.15, -0.1) is 0 Å². The van der Waals surface area contributed by atoms with E-state index in [1.54, 1.807) is 6.08 Å². The van der Waals surface area contributed by atoms with Gasteiger partial charge in [0.25, 0.3) is 0 Å². The van der Waals surface area contributed by atoms with Crippen molar-refractivity contribution < 1.29 is 0 Å². The molecular weight excluding hydrogens is 170 g/mol. The Balaban J connectivity index is 4.10. The fraction of sp³-hybridized carbons (Fsp3) is 0.615. The zero-order valence-corrected chi connectivity index (χ0v) is 9.80. The van der Waals surface area contributed by atoms with Crippen LogP contribution in [-0.2, 0) is 0 Å². The highest BCUT2D eigenvalue weighted by atomic mass is 14.2. The van der Waals surface area contributed by atoms with E-state index in [0.29, 0.717) is 5.92 Å². The SMILES string of the molecule is CCC(C)=CCCC(=CC#N)C(C)C. The highest BCUT2D eigenvalue weighted by Gasteiger charge is 2.01. The fourth-order valence-electron chi connectivity index (χ4n) is 1.24. The average molecular weight is 191 g/mol. The van der Waals surface area contributed by atoms with Crippen LogP contribution in [0.2, 0.25) is 0 Å². The Morgan fingerprint density at radius 3 is 2.50 bits per heavy atom. The molecule has 0 N–H and O–H groups in total. The molecule has 0 aliphatic rings. The predicted molar refractivity (Wildman–Crippen MR) is 61.8 cm³/mol. The topological polar surface area (TPSA) is 23.8 Å². The Labute approximate surface area is 88.1 Å². The summed E-state index contributed by atoms with van der Waals surface area (Å²) in [7, 11) is 0. The molecule has 0 fully saturated rings. The molecule has 0 aliphatic carbocycles. The molecule has 1 nitrogen and oxygen atoms in total. The van der Waals surface area contributed by atoms with Crippen LogP contribution >= 0.6 is 0 Å². The van der Waals surface area contributed by atoms with Gasteiger partial charge in [0.2, 0.25) is 0 Å². The Bertz CT molecular complexity index is 251. The van der Waals surface area contributed by atoms with Gasteiger partial charge in [-0.1, -0.05) is 38.0 Å². The molecule has 0 amide bonds. The second-order valence-electron chi connectivity index (χ2n) is 3.95. The summed E-state index contributed by atoms with van der Waals surface area (Å²) < 4.78 is 0. The first kappa shape index (κ1) is 13.0. The van der Waals surface area contributed by atoms with Crippen molar-refractivity contribution in [3.05, 3.63) is 23.3 Å². The molecule has 0 radical (unpaired) electrons. The second kappa shape index (κ2) is 7.38. The van der Waals surface area contributed by atoms with Gasteiger partial charge >= 0.3 is 0 Å².